The fraction of sp³-hybridized carbons (Fsp3) is 0.294. The number of benzene rings is 1. The first kappa shape index (κ1) is 15.0. The van der Waals surface area contributed by atoms with Crippen LogP contribution in [0.25, 0.3) is 0 Å². The van der Waals surface area contributed by atoms with E-state index in [1.54, 1.807) is 24.4 Å². The van der Waals surface area contributed by atoms with Crippen LogP contribution in [0.4, 0.5) is 0 Å². The average Bonchev–Trinajstić information content (AvgIpc) is 2.54. The maximum atomic E-state index is 12.3. The minimum absolute atomic E-state index is 0.0913. The summed E-state index contributed by atoms with van der Waals surface area (Å²) < 4.78 is 5.28. The number of amides is 1. The molecule has 2 aromatic rings. The number of rotatable bonds is 6. The van der Waals surface area contributed by atoms with E-state index < -0.39 is 0 Å². The molecule has 110 valence electrons. The van der Waals surface area contributed by atoms with Crippen molar-refractivity contribution in [2.75, 3.05) is 20.7 Å². The molecule has 1 aromatic heterocycles. The van der Waals surface area contributed by atoms with Crippen LogP contribution in [0.5, 0.6) is 5.75 Å². The second-order valence-electron chi connectivity index (χ2n) is 4.91. The van der Waals surface area contributed by atoms with Crippen molar-refractivity contribution < 1.29 is 9.53 Å². The van der Waals surface area contributed by atoms with Gasteiger partial charge < -0.3 is 9.64 Å². The monoisotopic (exact) mass is 284 g/mol. The molecule has 1 aromatic carbocycles. The zero-order valence-corrected chi connectivity index (χ0v) is 12.5. The molecule has 1 amide bonds. The van der Waals surface area contributed by atoms with Gasteiger partial charge in [-0.1, -0.05) is 18.2 Å². The van der Waals surface area contributed by atoms with Gasteiger partial charge in [0.05, 0.1) is 13.5 Å². The molecule has 0 unspecified atom stereocenters. The van der Waals surface area contributed by atoms with Crippen LogP contribution in [0, 0.1) is 0 Å². The quantitative estimate of drug-likeness (QED) is 0.817. The number of methoxy groups -OCH3 is 1. The molecule has 0 aliphatic heterocycles. The highest BCUT2D eigenvalue weighted by molar-refractivity contribution is 5.79. The van der Waals surface area contributed by atoms with E-state index in [-0.39, 0.29) is 5.91 Å². The number of para-hydroxylation sites is 1. The van der Waals surface area contributed by atoms with E-state index in [1.165, 1.54) is 5.56 Å². The third-order valence-corrected chi connectivity index (χ3v) is 3.45. The van der Waals surface area contributed by atoms with Crippen LogP contribution in [-0.4, -0.2) is 36.5 Å². The first-order valence-electron chi connectivity index (χ1n) is 6.95. The highest BCUT2D eigenvalue weighted by Crippen LogP contribution is 2.18. The number of hydrogen-bond donors (Lipinski definition) is 0. The van der Waals surface area contributed by atoms with Gasteiger partial charge in [-0.05, 0) is 30.2 Å². The molecule has 0 aliphatic rings. The van der Waals surface area contributed by atoms with Crippen molar-refractivity contribution in [2.24, 2.45) is 0 Å². The summed E-state index contributed by atoms with van der Waals surface area (Å²) >= 11 is 0. The molecule has 0 radical (unpaired) electrons. The van der Waals surface area contributed by atoms with E-state index in [2.05, 4.69) is 4.98 Å². The highest BCUT2D eigenvalue weighted by atomic mass is 16.5. The van der Waals surface area contributed by atoms with Gasteiger partial charge in [-0.15, -0.1) is 0 Å². The Kier molecular flexibility index (Phi) is 5.32. The average molecular weight is 284 g/mol. The van der Waals surface area contributed by atoms with Gasteiger partial charge in [-0.25, -0.2) is 0 Å². The molecule has 0 bridgehead atoms. The van der Waals surface area contributed by atoms with Crippen molar-refractivity contribution >= 4 is 5.91 Å². The van der Waals surface area contributed by atoms with E-state index in [1.807, 2.05) is 43.4 Å². The van der Waals surface area contributed by atoms with Crippen LogP contribution >= 0.6 is 0 Å². The van der Waals surface area contributed by atoms with Gasteiger partial charge in [0.2, 0.25) is 5.91 Å². The molecule has 0 fully saturated rings. The van der Waals surface area contributed by atoms with Crippen LogP contribution in [0.15, 0.2) is 48.8 Å². The molecule has 4 nitrogen and oxygen atoms in total. The summed E-state index contributed by atoms with van der Waals surface area (Å²) in [6, 6.07) is 11.6. The Bertz CT molecular complexity index is 584. The lowest BCUT2D eigenvalue weighted by Gasteiger charge is -2.18. The second kappa shape index (κ2) is 7.43. The Morgan fingerprint density at radius 2 is 1.90 bits per heavy atom. The van der Waals surface area contributed by atoms with Crippen LogP contribution in [0.3, 0.4) is 0 Å². The molecular weight excluding hydrogens is 264 g/mol. The van der Waals surface area contributed by atoms with Gasteiger partial charge in [-0.3, -0.25) is 9.78 Å². The van der Waals surface area contributed by atoms with Crippen molar-refractivity contribution in [3.63, 3.8) is 0 Å². The molecule has 0 aliphatic carbocycles. The lowest BCUT2D eigenvalue weighted by Crippen LogP contribution is -2.30. The van der Waals surface area contributed by atoms with E-state index in [4.69, 9.17) is 4.74 Å². The van der Waals surface area contributed by atoms with Gasteiger partial charge in [-0.2, -0.15) is 0 Å². The first-order chi connectivity index (χ1) is 10.2. The predicted octanol–water partition coefficient (Wildman–Crippen LogP) is 2.33. The Labute approximate surface area is 125 Å². The zero-order chi connectivity index (χ0) is 15.1. The van der Waals surface area contributed by atoms with Gasteiger partial charge in [0.1, 0.15) is 5.75 Å². The number of likely N-dealkylation sites (N-methyl/N-ethyl adjacent to an activating group) is 1. The predicted molar refractivity (Wildman–Crippen MR) is 82.3 cm³/mol. The maximum Gasteiger partial charge on any atom is 0.226 e. The SMILES string of the molecule is COc1ccccc1CC(=O)N(C)CCc1ccncc1. The van der Waals surface area contributed by atoms with Crippen molar-refractivity contribution in [1.82, 2.24) is 9.88 Å². The maximum absolute atomic E-state index is 12.3. The molecule has 0 atom stereocenters. The van der Waals surface area contributed by atoms with Gasteiger partial charge in [0, 0.05) is 31.5 Å². The Hall–Kier alpha value is -2.36. The molecule has 0 N–H and O–H groups in total. The number of aromatic nitrogens is 1. The van der Waals surface area contributed by atoms with Crippen LogP contribution in [-0.2, 0) is 17.6 Å². The van der Waals surface area contributed by atoms with Gasteiger partial charge >= 0.3 is 0 Å². The summed E-state index contributed by atoms with van der Waals surface area (Å²) in [5.41, 5.74) is 2.10. The molecule has 1 heterocycles. The molecule has 21 heavy (non-hydrogen) atoms. The Balaban J connectivity index is 1.90. The normalized spacial score (nSPS) is 10.2. The minimum atomic E-state index is 0.0913. The molecule has 0 spiro atoms. The third kappa shape index (κ3) is 4.31. The highest BCUT2D eigenvalue weighted by Gasteiger charge is 2.12. The fourth-order valence-electron chi connectivity index (χ4n) is 2.12. The number of hydrogen-bond acceptors (Lipinski definition) is 3. The summed E-state index contributed by atoms with van der Waals surface area (Å²) in [5, 5.41) is 0. The topological polar surface area (TPSA) is 42.4 Å². The zero-order valence-electron chi connectivity index (χ0n) is 12.5. The summed E-state index contributed by atoms with van der Waals surface area (Å²) in [6.07, 6.45) is 4.73. The van der Waals surface area contributed by atoms with Crippen molar-refractivity contribution in [3.8, 4) is 5.75 Å². The number of ether oxygens (including phenoxy) is 1. The summed E-state index contributed by atoms with van der Waals surface area (Å²) in [7, 11) is 3.45. The number of pyridine rings is 1. The van der Waals surface area contributed by atoms with Crippen molar-refractivity contribution in [3.05, 3.63) is 59.9 Å². The minimum Gasteiger partial charge on any atom is -0.496 e. The summed E-state index contributed by atoms with van der Waals surface area (Å²) in [4.78, 5) is 18.0. The van der Waals surface area contributed by atoms with E-state index in [0.29, 0.717) is 13.0 Å². The third-order valence-electron chi connectivity index (χ3n) is 3.45. The summed E-state index contributed by atoms with van der Waals surface area (Å²) in [6.45, 7) is 0.692. The van der Waals surface area contributed by atoms with Crippen LogP contribution in [0.2, 0.25) is 0 Å². The smallest absolute Gasteiger partial charge is 0.226 e. The van der Waals surface area contributed by atoms with Gasteiger partial charge in [0.25, 0.3) is 0 Å². The number of nitrogens with zero attached hydrogens (tertiary/aromatic N) is 2. The van der Waals surface area contributed by atoms with Crippen molar-refractivity contribution in [1.29, 1.82) is 0 Å². The molecular formula is C17H20N2O2. The van der Waals surface area contributed by atoms with E-state index in [9.17, 15) is 4.79 Å². The van der Waals surface area contributed by atoms with E-state index in [0.717, 1.165) is 17.7 Å². The largest absolute Gasteiger partial charge is 0.496 e. The lowest BCUT2D eigenvalue weighted by molar-refractivity contribution is -0.129. The Morgan fingerprint density at radius 1 is 1.19 bits per heavy atom. The van der Waals surface area contributed by atoms with Crippen molar-refractivity contribution in [2.45, 2.75) is 12.8 Å². The standard InChI is InChI=1S/C17H20N2O2/c1-19(12-9-14-7-10-18-11-8-14)17(20)13-15-5-3-4-6-16(15)21-2/h3-8,10-11H,9,12-13H2,1-2H3. The second-order valence-corrected chi connectivity index (χ2v) is 4.91. The van der Waals surface area contributed by atoms with E-state index >= 15 is 0 Å². The molecule has 2 rings (SSSR count). The lowest BCUT2D eigenvalue weighted by atomic mass is 10.1. The van der Waals surface area contributed by atoms with Crippen LogP contribution < -0.4 is 4.74 Å². The first-order valence-corrected chi connectivity index (χ1v) is 6.95. The molecule has 0 saturated heterocycles. The van der Waals surface area contributed by atoms with Crippen LogP contribution in [0.1, 0.15) is 11.1 Å². The van der Waals surface area contributed by atoms with Gasteiger partial charge in [0.15, 0.2) is 0 Å². The summed E-state index contributed by atoms with van der Waals surface area (Å²) in [5.74, 6) is 0.849. The molecule has 4 heteroatoms. The molecule has 0 saturated carbocycles. The Morgan fingerprint density at radius 3 is 2.62 bits per heavy atom. The number of carbonyl (C=O) groups is 1. The number of carbonyl (C=O) groups excluding carboxylic acids is 1. The fourth-order valence-corrected chi connectivity index (χ4v) is 2.12.